The predicted molar refractivity (Wildman–Crippen MR) is 135 cm³/mol. The van der Waals surface area contributed by atoms with Crippen LogP contribution in [0.15, 0.2) is 70.5 Å². The van der Waals surface area contributed by atoms with Crippen LogP contribution in [0.25, 0.3) is 27.7 Å². The summed E-state index contributed by atoms with van der Waals surface area (Å²) in [5, 5.41) is 0.569. The molecular weight excluding hydrogens is 508 g/mol. The van der Waals surface area contributed by atoms with E-state index in [0.29, 0.717) is 34.6 Å². The highest BCUT2D eigenvalue weighted by Crippen LogP contribution is 2.28. The average Bonchev–Trinajstić information content (AvgIpc) is 2.83. The molecule has 37 heavy (non-hydrogen) atoms. The van der Waals surface area contributed by atoms with Crippen molar-refractivity contribution in [3.8, 4) is 28.4 Å². The fraction of sp³-hybridized carbons (Fsp3) is 0.240. The monoisotopic (exact) mass is 531 g/mol. The van der Waals surface area contributed by atoms with Crippen LogP contribution in [0.4, 0.5) is 8.78 Å². The largest absolute Gasteiger partial charge is 0.478 e. The molecule has 0 bridgehead atoms. The molecule has 0 saturated heterocycles. The second-order valence-corrected chi connectivity index (χ2v) is 10.4. The van der Waals surface area contributed by atoms with Crippen molar-refractivity contribution in [2.45, 2.75) is 20.1 Å². The number of aryl methyl sites for hydroxylation is 1. The van der Waals surface area contributed by atoms with E-state index in [0.717, 1.165) is 6.26 Å². The minimum Gasteiger partial charge on any atom is -0.478 e. The number of halogens is 2. The van der Waals surface area contributed by atoms with Crippen LogP contribution in [0.2, 0.25) is 0 Å². The van der Waals surface area contributed by atoms with Crippen LogP contribution in [0.1, 0.15) is 6.92 Å². The second-order valence-electron chi connectivity index (χ2n) is 8.15. The number of ether oxygens (including phenoxy) is 2. The number of hydrogen-bond donors (Lipinski definition) is 0. The molecule has 194 valence electrons. The Kier molecular flexibility index (Phi) is 7.39. The Hall–Kier alpha value is -4.06. The number of pyridine rings is 3. The van der Waals surface area contributed by atoms with Crippen LogP contribution < -0.4 is 20.6 Å². The molecule has 0 radical (unpaired) electrons. The van der Waals surface area contributed by atoms with Crippen molar-refractivity contribution < 1.29 is 26.7 Å². The molecular formula is C25H23F2N3O6S. The van der Waals surface area contributed by atoms with E-state index in [1.54, 1.807) is 25.3 Å². The van der Waals surface area contributed by atoms with Crippen LogP contribution in [0, 0.1) is 0 Å². The zero-order chi connectivity index (χ0) is 26.7. The van der Waals surface area contributed by atoms with Crippen LogP contribution in [0.3, 0.4) is 0 Å². The van der Waals surface area contributed by atoms with E-state index in [9.17, 15) is 26.8 Å². The maximum absolute atomic E-state index is 13.8. The Morgan fingerprint density at radius 2 is 1.73 bits per heavy atom. The van der Waals surface area contributed by atoms with Gasteiger partial charge < -0.3 is 14.0 Å². The van der Waals surface area contributed by atoms with E-state index in [1.807, 2.05) is 0 Å². The average molecular weight is 532 g/mol. The molecule has 0 atom stereocenters. The fourth-order valence-electron chi connectivity index (χ4n) is 3.76. The summed E-state index contributed by atoms with van der Waals surface area (Å²) in [4.78, 5) is 30.6. The number of nitrogens with zero attached hydrogens (tertiary/aromatic N) is 3. The van der Waals surface area contributed by atoms with Crippen molar-refractivity contribution in [1.82, 2.24) is 14.1 Å². The van der Waals surface area contributed by atoms with Gasteiger partial charge in [-0.3, -0.25) is 14.2 Å². The van der Waals surface area contributed by atoms with Crippen molar-refractivity contribution in [2.24, 2.45) is 0 Å². The summed E-state index contributed by atoms with van der Waals surface area (Å²) in [7, 11) is -3.32. The topological polar surface area (TPSA) is 109 Å². The second kappa shape index (κ2) is 10.5. The summed E-state index contributed by atoms with van der Waals surface area (Å²) in [5.41, 5.74) is 0.325. The Morgan fingerprint density at radius 3 is 2.38 bits per heavy atom. The standard InChI is InChI=1S/C25H23F2N3O6S/c1-3-35-20-10-6-17-14-30(18-7-11-21(31)29(15-18)12-13-37(2,33)34)24(32)22(23(17)28-20)16-4-8-19(9-5-16)36-25(26)27/h4-11,14-15,25H,3,12-13H2,1-2H3. The Bertz CT molecular complexity index is 1670. The quantitative estimate of drug-likeness (QED) is 0.326. The molecule has 0 N–H and O–H groups in total. The highest BCUT2D eigenvalue weighted by atomic mass is 32.2. The number of sulfone groups is 1. The number of benzene rings is 1. The van der Waals surface area contributed by atoms with E-state index in [2.05, 4.69) is 9.72 Å². The zero-order valence-electron chi connectivity index (χ0n) is 19.9. The first-order valence-corrected chi connectivity index (χ1v) is 13.2. The molecule has 4 rings (SSSR count). The van der Waals surface area contributed by atoms with Gasteiger partial charge in [-0.05, 0) is 36.8 Å². The maximum atomic E-state index is 13.8. The van der Waals surface area contributed by atoms with Gasteiger partial charge in [0.25, 0.3) is 11.1 Å². The van der Waals surface area contributed by atoms with E-state index >= 15 is 0 Å². The summed E-state index contributed by atoms with van der Waals surface area (Å²) in [6.07, 6.45) is 4.04. The minimum atomic E-state index is -3.32. The molecule has 3 aromatic heterocycles. The number of rotatable bonds is 9. The zero-order valence-corrected chi connectivity index (χ0v) is 20.7. The molecule has 0 fully saturated rings. The molecule has 9 nitrogen and oxygen atoms in total. The SMILES string of the molecule is CCOc1ccc2cn(-c3ccc(=O)n(CCS(C)(=O)=O)c3)c(=O)c(-c3ccc(OC(F)F)cc3)c2n1. The van der Waals surface area contributed by atoms with Gasteiger partial charge in [0.15, 0.2) is 0 Å². The van der Waals surface area contributed by atoms with E-state index in [-0.39, 0.29) is 23.6 Å². The van der Waals surface area contributed by atoms with Crippen LogP contribution in [0.5, 0.6) is 11.6 Å². The summed E-state index contributed by atoms with van der Waals surface area (Å²) in [6.45, 7) is -0.912. The van der Waals surface area contributed by atoms with Gasteiger partial charge in [0.1, 0.15) is 15.6 Å². The molecule has 0 spiro atoms. The van der Waals surface area contributed by atoms with Gasteiger partial charge in [-0.25, -0.2) is 13.4 Å². The molecule has 0 saturated carbocycles. The molecule has 0 aliphatic rings. The van der Waals surface area contributed by atoms with Crippen molar-refractivity contribution >= 4 is 20.7 Å². The predicted octanol–water partition coefficient (Wildman–Crippen LogP) is 3.26. The first-order chi connectivity index (χ1) is 17.6. The number of aromatic nitrogens is 3. The molecule has 4 aromatic rings. The summed E-state index contributed by atoms with van der Waals surface area (Å²) >= 11 is 0. The van der Waals surface area contributed by atoms with Crippen molar-refractivity contribution in [3.05, 3.63) is 81.6 Å². The minimum absolute atomic E-state index is 0.0692. The van der Waals surface area contributed by atoms with Crippen molar-refractivity contribution in [3.63, 3.8) is 0 Å². The van der Waals surface area contributed by atoms with Gasteiger partial charge in [-0.2, -0.15) is 8.78 Å². The highest BCUT2D eigenvalue weighted by Gasteiger charge is 2.17. The third-order valence-electron chi connectivity index (χ3n) is 5.45. The van der Waals surface area contributed by atoms with Gasteiger partial charge in [0.2, 0.25) is 5.88 Å². The van der Waals surface area contributed by atoms with Crippen LogP contribution >= 0.6 is 0 Å². The molecule has 0 aliphatic heterocycles. The van der Waals surface area contributed by atoms with Gasteiger partial charge >= 0.3 is 6.61 Å². The molecule has 12 heteroatoms. The number of fused-ring (bicyclic) bond motifs is 1. The Morgan fingerprint density at radius 1 is 1.00 bits per heavy atom. The van der Waals surface area contributed by atoms with E-state index < -0.39 is 27.6 Å². The lowest BCUT2D eigenvalue weighted by molar-refractivity contribution is -0.0498. The molecule has 3 heterocycles. The molecule has 0 unspecified atom stereocenters. The molecule has 0 amide bonds. The first-order valence-electron chi connectivity index (χ1n) is 11.2. The first kappa shape index (κ1) is 26.0. The van der Waals surface area contributed by atoms with Gasteiger partial charge in [0.05, 0.1) is 29.1 Å². The Balaban J connectivity index is 1.91. The van der Waals surface area contributed by atoms with Crippen LogP contribution in [-0.4, -0.2) is 47.8 Å². The molecule has 1 aromatic carbocycles. The summed E-state index contributed by atoms with van der Waals surface area (Å²) in [5.74, 6) is -0.00798. The Labute approximate surface area is 210 Å². The summed E-state index contributed by atoms with van der Waals surface area (Å²) < 4.78 is 60.8. The van der Waals surface area contributed by atoms with Gasteiger partial charge in [0, 0.05) is 42.7 Å². The third-order valence-corrected chi connectivity index (χ3v) is 6.37. The lowest BCUT2D eigenvalue weighted by Gasteiger charge is -2.15. The highest BCUT2D eigenvalue weighted by molar-refractivity contribution is 7.90. The maximum Gasteiger partial charge on any atom is 0.387 e. The fourth-order valence-corrected chi connectivity index (χ4v) is 4.29. The normalized spacial score (nSPS) is 11.7. The smallest absolute Gasteiger partial charge is 0.387 e. The summed E-state index contributed by atoms with van der Waals surface area (Å²) in [6, 6.07) is 11.7. The van der Waals surface area contributed by atoms with Crippen molar-refractivity contribution in [2.75, 3.05) is 18.6 Å². The lowest BCUT2D eigenvalue weighted by Crippen LogP contribution is -2.26. The third kappa shape index (κ3) is 6.02. The lowest BCUT2D eigenvalue weighted by atomic mass is 10.0. The van der Waals surface area contributed by atoms with Crippen molar-refractivity contribution in [1.29, 1.82) is 0 Å². The van der Waals surface area contributed by atoms with E-state index in [1.165, 1.54) is 51.7 Å². The number of hydrogen-bond acceptors (Lipinski definition) is 7. The van der Waals surface area contributed by atoms with Crippen LogP contribution in [-0.2, 0) is 16.4 Å². The van der Waals surface area contributed by atoms with E-state index in [4.69, 9.17) is 4.74 Å². The van der Waals surface area contributed by atoms with Gasteiger partial charge in [-0.15, -0.1) is 0 Å². The number of alkyl halides is 2. The molecule has 0 aliphatic carbocycles. The van der Waals surface area contributed by atoms with Gasteiger partial charge in [-0.1, -0.05) is 12.1 Å².